The molecule has 0 radical (unpaired) electrons. The van der Waals surface area contributed by atoms with Crippen LogP contribution in [-0.2, 0) is 17.9 Å². The number of Topliss-reactive ketones (excluding diaryl/α,β-unsaturated/α-hetero) is 1. The van der Waals surface area contributed by atoms with Crippen LogP contribution in [0.4, 0.5) is 5.69 Å². The van der Waals surface area contributed by atoms with Gasteiger partial charge in [0.05, 0.1) is 10.9 Å². The van der Waals surface area contributed by atoms with E-state index in [4.69, 9.17) is 0 Å². The summed E-state index contributed by atoms with van der Waals surface area (Å²) in [5, 5.41) is 3.11. The summed E-state index contributed by atoms with van der Waals surface area (Å²) in [6, 6.07) is 13.3. The van der Waals surface area contributed by atoms with Crippen LogP contribution >= 0.6 is 0 Å². The smallest absolute Gasteiger partial charge is 0.325 e. The predicted octanol–water partition coefficient (Wildman–Crippen LogP) is 2.41. The molecule has 7 heteroatoms. The summed E-state index contributed by atoms with van der Waals surface area (Å²) in [6.45, 7) is 3.41. The van der Waals surface area contributed by atoms with Crippen LogP contribution in [0, 0.1) is 0 Å². The van der Waals surface area contributed by atoms with Crippen molar-refractivity contribution in [1.29, 1.82) is 0 Å². The zero-order valence-electron chi connectivity index (χ0n) is 15.8. The molecule has 1 N–H and O–H groups in total. The highest BCUT2D eigenvalue weighted by Gasteiger charge is 2.15. The molecule has 1 heterocycles. The first-order valence-corrected chi connectivity index (χ1v) is 9.05. The lowest BCUT2D eigenvalue weighted by Crippen LogP contribution is -2.41. The quantitative estimate of drug-likeness (QED) is 0.666. The number of hydrogen-bond acceptors (Lipinski definition) is 4. The van der Waals surface area contributed by atoms with E-state index in [2.05, 4.69) is 5.32 Å². The summed E-state index contributed by atoms with van der Waals surface area (Å²) in [4.78, 5) is 49.3. The zero-order valence-corrected chi connectivity index (χ0v) is 15.8. The number of rotatable bonds is 6. The van der Waals surface area contributed by atoms with Crippen LogP contribution in [0.3, 0.4) is 0 Å². The van der Waals surface area contributed by atoms with Crippen LogP contribution in [0.2, 0.25) is 0 Å². The van der Waals surface area contributed by atoms with Crippen molar-refractivity contribution in [2.45, 2.75) is 33.4 Å². The molecule has 1 aromatic heterocycles. The van der Waals surface area contributed by atoms with Crippen molar-refractivity contribution in [2.24, 2.45) is 0 Å². The van der Waals surface area contributed by atoms with Gasteiger partial charge in [-0.15, -0.1) is 0 Å². The average molecular weight is 379 g/mol. The first-order chi connectivity index (χ1) is 13.4. The van der Waals surface area contributed by atoms with Gasteiger partial charge in [0.15, 0.2) is 5.78 Å². The molecule has 1 amide bonds. The summed E-state index contributed by atoms with van der Waals surface area (Å²) >= 11 is 0. The maximum Gasteiger partial charge on any atom is 0.331 e. The molecule has 28 heavy (non-hydrogen) atoms. The van der Waals surface area contributed by atoms with E-state index in [-0.39, 0.29) is 24.4 Å². The minimum atomic E-state index is -0.507. The minimum absolute atomic E-state index is 0.0610. The maximum absolute atomic E-state index is 12.8. The third-order valence-electron chi connectivity index (χ3n) is 4.46. The van der Waals surface area contributed by atoms with Gasteiger partial charge in [0, 0.05) is 17.8 Å². The van der Waals surface area contributed by atoms with Gasteiger partial charge in [0.25, 0.3) is 5.56 Å². The Labute approximate surface area is 161 Å². The van der Waals surface area contributed by atoms with E-state index in [1.54, 1.807) is 48.5 Å². The second-order valence-electron chi connectivity index (χ2n) is 6.52. The number of carbonyl (C=O) groups is 2. The Kier molecular flexibility index (Phi) is 5.54. The molecule has 0 atom stereocenters. The highest BCUT2D eigenvalue weighted by atomic mass is 16.2. The molecule has 0 bridgehead atoms. The molecule has 0 aliphatic heterocycles. The molecular weight excluding hydrogens is 358 g/mol. The van der Waals surface area contributed by atoms with Crippen LogP contribution < -0.4 is 16.6 Å². The standard InChI is InChI=1S/C21H21N3O4/c1-3-12-23-20(27)17-6-4-5-7-18(17)24(21(23)28)13-19(26)22-16-10-8-15(9-11-16)14(2)25/h4-11H,3,12-13H2,1-2H3,(H,22,26). The van der Waals surface area contributed by atoms with Crippen molar-refractivity contribution in [3.8, 4) is 0 Å². The molecule has 0 aliphatic carbocycles. The van der Waals surface area contributed by atoms with E-state index in [1.165, 1.54) is 11.5 Å². The Morgan fingerprint density at radius 2 is 1.64 bits per heavy atom. The molecule has 2 aromatic carbocycles. The Morgan fingerprint density at radius 3 is 2.29 bits per heavy atom. The summed E-state index contributed by atoms with van der Waals surface area (Å²) in [7, 11) is 0. The molecule has 0 spiro atoms. The molecule has 7 nitrogen and oxygen atoms in total. The predicted molar refractivity (Wildman–Crippen MR) is 108 cm³/mol. The van der Waals surface area contributed by atoms with Gasteiger partial charge >= 0.3 is 5.69 Å². The van der Waals surface area contributed by atoms with Gasteiger partial charge in [0.1, 0.15) is 6.54 Å². The van der Waals surface area contributed by atoms with Crippen LogP contribution in [0.25, 0.3) is 10.9 Å². The monoisotopic (exact) mass is 379 g/mol. The van der Waals surface area contributed by atoms with Crippen molar-refractivity contribution in [3.63, 3.8) is 0 Å². The Bertz CT molecular complexity index is 1160. The number of aromatic nitrogens is 2. The van der Waals surface area contributed by atoms with Gasteiger partial charge in [-0.3, -0.25) is 23.5 Å². The van der Waals surface area contributed by atoms with Crippen LogP contribution in [0.5, 0.6) is 0 Å². The fourth-order valence-corrected chi connectivity index (χ4v) is 3.08. The van der Waals surface area contributed by atoms with Crippen molar-refractivity contribution < 1.29 is 9.59 Å². The summed E-state index contributed by atoms with van der Waals surface area (Å²) in [6.07, 6.45) is 0.627. The van der Waals surface area contributed by atoms with E-state index >= 15 is 0 Å². The van der Waals surface area contributed by atoms with Crippen LogP contribution in [-0.4, -0.2) is 20.8 Å². The van der Waals surface area contributed by atoms with Crippen molar-refractivity contribution in [3.05, 3.63) is 74.9 Å². The minimum Gasteiger partial charge on any atom is -0.325 e. The number of nitrogens with zero attached hydrogens (tertiary/aromatic N) is 2. The molecule has 0 unspecified atom stereocenters. The van der Waals surface area contributed by atoms with E-state index in [9.17, 15) is 19.2 Å². The van der Waals surface area contributed by atoms with Crippen molar-refractivity contribution in [1.82, 2.24) is 9.13 Å². The number of amides is 1. The Hall–Kier alpha value is -3.48. The molecule has 0 fully saturated rings. The lowest BCUT2D eigenvalue weighted by molar-refractivity contribution is -0.116. The third kappa shape index (κ3) is 3.78. The third-order valence-corrected chi connectivity index (χ3v) is 4.46. The normalized spacial score (nSPS) is 10.8. The molecule has 3 aromatic rings. The highest BCUT2D eigenvalue weighted by molar-refractivity contribution is 5.95. The van der Waals surface area contributed by atoms with Gasteiger partial charge in [-0.25, -0.2) is 4.79 Å². The van der Waals surface area contributed by atoms with Gasteiger partial charge < -0.3 is 5.32 Å². The fraction of sp³-hybridized carbons (Fsp3) is 0.238. The Balaban J connectivity index is 1.95. The van der Waals surface area contributed by atoms with E-state index < -0.39 is 11.6 Å². The average Bonchev–Trinajstić information content (AvgIpc) is 2.69. The lowest BCUT2D eigenvalue weighted by Gasteiger charge is -2.14. The maximum atomic E-state index is 12.8. The number of anilines is 1. The molecule has 144 valence electrons. The van der Waals surface area contributed by atoms with Crippen LogP contribution in [0.1, 0.15) is 30.6 Å². The fourth-order valence-electron chi connectivity index (χ4n) is 3.08. The molecule has 0 saturated carbocycles. The molecular formula is C21H21N3O4. The first-order valence-electron chi connectivity index (χ1n) is 9.05. The molecule has 3 rings (SSSR count). The molecule has 0 saturated heterocycles. The summed E-state index contributed by atoms with van der Waals surface area (Å²) < 4.78 is 2.48. The number of nitrogens with one attached hydrogen (secondary N) is 1. The van der Waals surface area contributed by atoms with Gasteiger partial charge in [-0.2, -0.15) is 0 Å². The van der Waals surface area contributed by atoms with Gasteiger partial charge in [-0.05, 0) is 49.7 Å². The highest BCUT2D eigenvalue weighted by Crippen LogP contribution is 2.11. The van der Waals surface area contributed by atoms with E-state index in [1.807, 2.05) is 6.92 Å². The molecule has 0 aliphatic rings. The van der Waals surface area contributed by atoms with Crippen molar-refractivity contribution >= 4 is 28.3 Å². The largest absolute Gasteiger partial charge is 0.331 e. The second kappa shape index (κ2) is 8.04. The lowest BCUT2D eigenvalue weighted by atomic mass is 10.1. The number of ketones is 1. The number of para-hydroxylation sites is 1. The van der Waals surface area contributed by atoms with Crippen molar-refractivity contribution in [2.75, 3.05) is 5.32 Å². The number of benzene rings is 2. The SMILES string of the molecule is CCCn1c(=O)c2ccccc2n(CC(=O)Nc2ccc(C(C)=O)cc2)c1=O. The first kappa shape index (κ1) is 19.3. The number of hydrogen-bond donors (Lipinski definition) is 1. The van der Waals surface area contributed by atoms with Crippen LogP contribution in [0.15, 0.2) is 58.1 Å². The summed E-state index contributed by atoms with van der Waals surface area (Å²) in [5.41, 5.74) is 0.638. The topological polar surface area (TPSA) is 90.2 Å². The Morgan fingerprint density at radius 1 is 0.964 bits per heavy atom. The van der Waals surface area contributed by atoms with E-state index in [0.717, 1.165) is 4.57 Å². The van der Waals surface area contributed by atoms with Gasteiger partial charge in [0.2, 0.25) is 5.91 Å². The van der Waals surface area contributed by atoms with Gasteiger partial charge in [-0.1, -0.05) is 19.1 Å². The number of fused-ring (bicyclic) bond motifs is 1. The summed E-state index contributed by atoms with van der Waals surface area (Å²) in [5.74, 6) is -0.460. The second-order valence-corrected chi connectivity index (χ2v) is 6.52. The zero-order chi connectivity index (χ0) is 20.3. The number of carbonyl (C=O) groups excluding carboxylic acids is 2. The van der Waals surface area contributed by atoms with E-state index in [0.29, 0.717) is 28.6 Å².